The Morgan fingerprint density at radius 1 is 1.23 bits per heavy atom. The third kappa shape index (κ3) is 5.53. The highest BCUT2D eigenvalue weighted by Crippen LogP contribution is 2.05. The van der Waals surface area contributed by atoms with Gasteiger partial charge in [-0.2, -0.15) is 0 Å². The topological polar surface area (TPSA) is 54.4 Å². The number of Topliss-reactive ketones (excluding diaryl/α,β-unsaturated/α-hetero) is 2. The maximum absolute atomic E-state index is 10.9. The molecule has 0 unspecified atom stereocenters. The molecule has 0 radical (unpaired) electrons. The Bertz CT molecular complexity index is 175. The molecule has 0 aromatic heterocycles. The van der Waals surface area contributed by atoms with Crippen LogP contribution < -0.4 is 0 Å². The zero-order valence-corrected chi connectivity index (χ0v) is 8.38. The summed E-state index contributed by atoms with van der Waals surface area (Å²) in [6, 6.07) is 0. The number of carbonyl (C=O) groups is 2. The van der Waals surface area contributed by atoms with Gasteiger partial charge in [-0.3, -0.25) is 9.59 Å². The summed E-state index contributed by atoms with van der Waals surface area (Å²) >= 11 is 0. The third-order valence-electron chi connectivity index (χ3n) is 2.05. The van der Waals surface area contributed by atoms with E-state index in [9.17, 15) is 14.7 Å². The molecular formula is C10H18O3. The molecule has 0 saturated heterocycles. The second-order valence-corrected chi connectivity index (χ2v) is 3.12. The first-order chi connectivity index (χ1) is 6.11. The number of carbonyl (C=O) groups excluding carboxylic acids is 2. The molecule has 0 aliphatic rings. The van der Waals surface area contributed by atoms with Gasteiger partial charge in [0.05, 0.1) is 0 Å². The van der Waals surface area contributed by atoms with Crippen molar-refractivity contribution in [3.63, 3.8) is 0 Å². The fourth-order valence-electron chi connectivity index (χ4n) is 1.07. The first-order valence-corrected chi connectivity index (χ1v) is 4.84. The second kappa shape index (κ2) is 6.78. The van der Waals surface area contributed by atoms with Crippen LogP contribution in [0.5, 0.6) is 0 Å². The Morgan fingerprint density at radius 2 is 1.85 bits per heavy atom. The largest absolute Gasteiger partial charge is 0.385 e. The number of hydrogen-bond donors (Lipinski definition) is 1. The van der Waals surface area contributed by atoms with Gasteiger partial charge in [0.2, 0.25) is 0 Å². The molecule has 13 heavy (non-hydrogen) atoms. The lowest BCUT2D eigenvalue weighted by atomic mass is 10.0. The maximum atomic E-state index is 10.9. The zero-order valence-electron chi connectivity index (χ0n) is 8.38. The highest BCUT2D eigenvalue weighted by Gasteiger charge is 2.12. The van der Waals surface area contributed by atoms with Gasteiger partial charge in [0.25, 0.3) is 0 Å². The van der Waals surface area contributed by atoms with Gasteiger partial charge in [0.15, 0.2) is 5.78 Å². The van der Waals surface area contributed by atoms with E-state index >= 15 is 0 Å². The van der Waals surface area contributed by atoms with Crippen LogP contribution in [-0.4, -0.2) is 22.8 Å². The van der Waals surface area contributed by atoms with Gasteiger partial charge in [0.1, 0.15) is 11.9 Å². The molecule has 0 aromatic rings. The van der Waals surface area contributed by atoms with Crippen LogP contribution in [0.1, 0.15) is 46.0 Å². The molecule has 3 nitrogen and oxygen atoms in total. The highest BCUT2D eigenvalue weighted by molar-refractivity contribution is 5.82. The van der Waals surface area contributed by atoms with Crippen LogP contribution in [0.3, 0.4) is 0 Å². The van der Waals surface area contributed by atoms with Crippen molar-refractivity contribution in [1.82, 2.24) is 0 Å². The van der Waals surface area contributed by atoms with Crippen molar-refractivity contribution in [2.75, 3.05) is 0 Å². The Hall–Kier alpha value is -0.700. The average Bonchev–Trinajstić information content (AvgIpc) is 2.15. The van der Waals surface area contributed by atoms with Crippen LogP contribution in [0, 0.1) is 0 Å². The number of aliphatic hydroxyl groups excluding tert-OH is 1. The van der Waals surface area contributed by atoms with Crippen molar-refractivity contribution in [3.8, 4) is 0 Å². The molecule has 0 aliphatic carbocycles. The van der Waals surface area contributed by atoms with Crippen molar-refractivity contribution in [2.24, 2.45) is 0 Å². The maximum Gasteiger partial charge on any atom is 0.160 e. The van der Waals surface area contributed by atoms with E-state index in [2.05, 4.69) is 0 Å². The lowest BCUT2D eigenvalue weighted by molar-refractivity contribution is -0.127. The van der Waals surface area contributed by atoms with Crippen LogP contribution >= 0.6 is 0 Å². The van der Waals surface area contributed by atoms with Crippen LogP contribution in [0.4, 0.5) is 0 Å². The standard InChI is InChI=1S/C10H18O3/c1-3-8(11)6-5-7-10(13)9(12)4-2/h10,13H,3-7H2,1-2H3/t10-/m1/s1. The lowest BCUT2D eigenvalue weighted by Gasteiger charge is -2.06. The predicted octanol–water partition coefficient (Wildman–Crippen LogP) is 1.48. The molecule has 0 heterocycles. The first kappa shape index (κ1) is 12.3. The molecule has 0 aliphatic heterocycles. The van der Waals surface area contributed by atoms with E-state index in [0.29, 0.717) is 32.1 Å². The van der Waals surface area contributed by atoms with Gasteiger partial charge in [-0.25, -0.2) is 0 Å². The highest BCUT2D eigenvalue weighted by atomic mass is 16.3. The summed E-state index contributed by atoms with van der Waals surface area (Å²) in [6.07, 6.45) is 1.54. The third-order valence-corrected chi connectivity index (χ3v) is 2.05. The minimum atomic E-state index is -0.866. The molecule has 0 bridgehead atoms. The summed E-state index contributed by atoms with van der Waals surface area (Å²) in [5.41, 5.74) is 0. The van der Waals surface area contributed by atoms with Gasteiger partial charge >= 0.3 is 0 Å². The molecule has 0 aromatic carbocycles. The Labute approximate surface area is 79.1 Å². The van der Waals surface area contributed by atoms with Gasteiger partial charge in [-0.05, 0) is 12.8 Å². The lowest BCUT2D eigenvalue weighted by Crippen LogP contribution is -2.19. The molecule has 76 valence electrons. The van der Waals surface area contributed by atoms with E-state index in [4.69, 9.17) is 0 Å². The summed E-state index contributed by atoms with van der Waals surface area (Å²) in [5.74, 6) is 0.0556. The molecule has 0 fully saturated rings. The smallest absolute Gasteiger partial charge is 0.160 e. The van der Waals surface area contributed by atoms with Crippen LogP contribution in [-0.2, 0) is 9.59 Å². The summed E-state index contributed by atoms with van der Waals surface area (Å²) in [5, 5.41) is 9.24. The zero-order chi connectivity index (χ0) is 10.3. The van der Waals surface area contributed by atoms with E-state index in [1.165, 1.54) is 0 Å². The fraction of sp³-hybridized carbons (Fsp3) is 0.800. The van der Waals surface area contributed by atoms with Crippen molar-refractivity contribution in [3.05, 3.63) is 0 Å². The van der Waals surface area contributed by atoms with E-state index in [1.807, 2.05) is 6.92 Å². The first-order valence-electron chi connectivity index (χ1n) is 4.84. The van der Waals surface area contributed by atoms with Gasteiger partial charge < -0.3 is 5.11 Å². The average molecular weight is 186 g/mol. The molecule has 0 spiro atoms. The van der Waals surface area contributed by atoms with Crippen LogP contribution in [0.15, 0.2) is 0 Å². The van der Waals surface area contributed by atoms with E-state index in [1.54, 1.807) is 6.92 Å². The number of ketones is 2. The summed E-state index contributed by atoms with van der Waals surface area (Å²) < 4.78 is 0. The monoisotopic (exact) mass is 186 g/mol. The fourth-order valence-corrected chi connectivity index (χ4v) is 1.07. The van der Waals surface area contributed by atoms with Crippen molar-refractivity contribution < 1.29 is 14.7 Å². The minimum Gasteiger partial charge on any atom is -0.385 e. The number of hydrogen-bond acceptors (Lipinski definition) is 3. The molecule has 0 amide bonds. The van der Waals surface area contributed by atoms with Crippen LogP contribution in [0.2, 0.25) is 0 Å². The summed E-state index contributed by atoms with van der Waals surface area (Å²) in [4.78, 5) is 21.8. The van der Waals surface area contributed by atoms with E-state index in [-0.39, 0.29) is 11.6 Å². The Kier molecular flexibility index (Phi) is 6.41. The van der Waals surface area contributed by atoms with Crippen molar-refractivity contribution in [2.45, 2.75) is 52.1 Å². The Balaban J connectivity index is 3.53. The molecule has 1 atom stereocenters. The van der Waals surface area contributed by atoms with Gasteiger partial charge in [-0.1, -0.05) is 13.8 Å². The molecule has 3 heteroatoms. The van der Waals surface area contributed by atoms with Gasteiger partial charge in [-0.15, -0.1) is 0 Å². The molecule has 0 saturated carbocycles. The van der Waals surface area contributed by atoms with Crippen LogP contribution in [0.25, 0.3) is 0 Å². The van der Waals surface area contributed by atoms with E-state index in [0.717, 1.165) is 0 Å². The van der Waals surface area contributed by atoms with Gasteiger partial charge in [0, 0.05) is 19.3 Å². The second-order valence-electron chi connectivity index (χ2n) is 3.12. The minimum absolute atomic E-state index is 0.135. The Morgan fingerprint density at radius 3 is 2.31 bits per heavy atom. The molecular weight excluding hydrogens is 168 g/mol. The number of aliphatic hydroxyl groups is 1. The van der Waals surface area contributed by atoms with Crippen molar-refractivity contribution >= 4 is 11.6 Å². The molecule has 0 rings (SSSR count). The van der Waals surface area contributed by atoms with E-state index < -0.39 is 6.10 Å². The summed E-state index contributed by atoms with van der Waals surface area (Å²) in [6.45, 7) is 3.54. The quantitative estimate of drug-likeness (QED) is 0.655. The predicted molar refractivity (Wildman–Crippen MR) is 50.5 cm³/mol. The number of rotatable bonds is 7. The SMILES string of the molecule is CCC(=O)CCC[C@@H](O)C(=O)CC. The summed E-state index contributed by atoms with van der Waals surface area (Å²) in [7, 11) is 0. The normalized spacial score (nSPS) is 12.5. The van der Waals surface area contributed by atoms with Crippen molar-refractivity contribution in [1.29, 1.82) is 0 Å². The molecule has 1 N–H and O–H groups in total.